The summed E-state index contributed by atoms with van der Waals surface area (Å²) in [7, 11) is 0. The van der Waals surface area contributed by atoms with Crippen LogP contribution in [0.25, 0.3) is 5.69 Å². The molecule has 2 heterocycles. The predicted octanol–water partition coefficient (Wildman–Crippen LogP) is 2.78. The molecule has 26 heavy (non-hydrogen) atoms. The number of rotatable bonds is 5. The Morgan fingerprint density at radius 2 is 1.81 bits per heavy atom. The molecule has 7 nitrogen and oxygen atoms in total. The fourth-order valence-electron chi connectivity index (χ4n) is 3.47. The lowest BCUT2D eigenvalue weighted by atomic mass is 9.90. The zero-order chi connectivity index (χ0) is 17.2. The van der Waals surface area contributed by atoms with Crippen LogP contribution < -0.4 is 4.74 Å². The predicted molar refractivity (Wildman–Crippen MR) is 98.4 cm³/mol. The van der Waals surface area contributed by atoms with Crippen molar-refractivity contribution in [3.8, 4) is 11.4 Å². The summed E-state index contributed by atoms with van der Waals surface area (Å²) < 4.78 is 7.55. The van der Waals surface area contributed by atoms with Gasteiger partial charge < -0.3 is 14.7 Å². The van der Waals surface area contributed by atoms with Gasteiger partial charge in [-0.05, 0) is 49.9 Å². The Labute approximate surface area is 158 Å². The number of aromatic nitrogens is 3. The number of nitrogens with zero attached hydrogens (tertiary/aromatic N) is 4. The van der Waals surface area contributed by atoms with Crippen LogP contribution in [0.4, 0.5) is 0 Å². The molecular formula is C18H23ClN4O3. The molecule has 2 aromatic rings. The number of ether oxygens (including phenoxy) is 1. The largest absolute Gasteiger partial charge is 0.490 e. The van der Waals surface area contributed by atoms with Crippen LogP contribution in [0.1, 0.15) is 42.7 Å². The van der Waals surface area contributed by atoms with Crippen molar-refractivity contribution in [3.05, 3.63) is 36.4 Å². The highest BCUT2D eigenvalue weighted by Gasteiger charge is 2.29. The zero-order valence-electron chi connectivity index (χ0n) is 14.5. The Hall–Kier alpha value is -2.12. The third kappa shape index (κ3) is 3.99. The Morgan fingerprint density at radius 1 is 1.12 bits per heavy atom. The van der Waals surface area contributed by atoms with Crippen LogP contribution >= 0.6 is 12.4 Å². The monoisotopic (exact) mass is 378 g/mol. The number of carboxylic acids is 1. The third-order valence-corrected chi connectivity index (χ3v) is 5.15. The lowest BCUT2D eigenvalue weighted by Gasteiger charge is -2.41. The number of hydrogen-bond acceptors (Lipinski definition) is 5. The Balaban J connectivity index is 0.00000196. The van der Waals surface area contributed by atoms with Crippen molar-refractivity contribution >= 4 is 18.4 Å². The highest BCUT2D eigenvalue weighted by atomic mass is 35.5. The molecule has 0 radical (unpaired) electrons. The fraction of sp³-hybridized carbons (Fsp3) is 0.500. The van der Waals surface area contributed by atoms with Crippen LogP contribution in [-0.2, 0) is 0 Å². The lowest BCUT2D eigenvalue weighted by molar-refractivity contribution is 0.0493. The first-order valence-electron chi connectivity index (χ1n) is 8.85. The molecule has 1 N–H and O–H groups in total. The molecule has 2 aliphatic rings. The van der Waals surface area contributed by atoms with Crippen LogP contribution in [0, 0.1) is 0 Å². The average Bonchev–Trinajstić information content (AvgIpc) is 3.06. The van der Waals surface area contributed by atoms with Crippen LogP contribution in [0.2, 0.25) is 0 Å². The van der Waals surface area contributed by atoms with E-state index in [2.05, 4.69) is 15.0 Å². The second-order valence-corrected chi connectivity index (χ2v) is 6.75. The smallest absolute Gasteiger partial charge is 0.375 e. The van der Waals surface area contributed by atoms with Gasteiger partial charge in [-0.15, -0.1) is 17.5 Å². The highest BCUT2D eigenvalue weighted by Crippen LogP contribution is 2.28. The van der Waals surface area contributed by atoms with E-state index in [-0.39, 0.29) is 24.3 Å². The summed E-state index contributed by atoms with van der Waals surface area (Å²) in [5.74, 6) is -0.505. The molecule has 0 atom stereocenters. The summed E-state index contributed by atoms with van der Waals surface area (Å²) in [5, 5.41) is 12.8. The van der Waals surface area contributed by atoms with Gasteiger partial charge in [0.25, 0.3) is 5.82 Å². The van der Waals surface area contributed by atoms with E-state index in [1.807, 2.05) is 24.3 Å². The van der Waals surface area contributed by atoms with E-state index in [1.165, 1.54) is 30.3 Å². The van der Waals surface area contributed by atoms with Gasteiger partial charge in [-0.2, -0.15) is 0 Å². The first-order valence-corrected chi connectivity index (χ1v) is 8.85. The van der Waals surface area contributed by atoms with Gasteiger partial charge in [0.05, 0.1) is 5.69 Å². The fourth-order valence-corrected chi connectivity index (χ4v) is 3.47. The maximum atomic E-state index is 10.8. The number of likely N-dealkylation sites (tertiary alicyclic amines) is 1. The topological polar surface area (TPSA) is 80.5 Å². The number of aromatic carboxylic acids is 1. The van der Waals surface area contributed by atoms with E-state index < -0.39 is 5.97 Å². The molecule has 1 aliphatic carbocycles. The van der Waals surface area contributed by atoms with Crippen molar-refractivity contribution in [1.82, 2.24) is 19.7 Å². The molecule has 8 heteroatoms. The number of halogens is 1. The van der Waals surface area contributed by atoms with E-state index in [4.69, 9.17) is 9.84 Å². The molecule has 2 fully saturated rings. The SMILES string of the molecule is Cl.O=C(O)c1ncn(-c2ccc(OC3CCN(C4CCC4)CC3)cc2)n1. The second kappa shape index (κ2) is 8.05. The van der Waals surface area contributed by atoms with Crippen molar-refractivity contribution < 1.29 is 14.6 Å². The molecule has 1 aromatic heterocycles. The first-order chi connectivity index (χ1) is 12.2. The van der Waals surface area contributed by atoms with Crippen LogP contribution in [-0.4, -0.2) is 56.0 Å². The van der Waals surface area contributed by atoms with Crippen molar-refractivity contribution in [2.24, 2.45) is 0 Å². The van der Waals surface area contributed by atoms with E-state index in [0.717, 1.165) is 43.4 Å². The average molecular weight is 379 g/mol. The number of carboxylic acid groups (broad SMARTS) is 1. The van der Waals surface area contributed by atoms with Gasteiger partial charge in [0.15, 0.2) is 0 Å². The Bertz CT molecular complexity index is 737. The summed E-state index contributed by atoms with van der Waals surface area (Å²) >= 11 is 0. The van der Waals surface area contributed by atoms with Gasteiger partial charge in [0, 0.05) is 19.1 Å². The van der Waals surface area contributed by atoms with Crippen molar-refractivity contribution in [1.29, 1.82) is 0 Å². The van der Waals surface area contributed by atoms with Crippen LogP contribution in [0.15, 0.2) is 30.6 Å². The quantitative estimate of drug-likeness (QED) is 0.861. The molecule has 1 aliphatic heterocycles. The third-order valence-electron chi connectivity index (χ3n) is 5.15. The zero-order valence-corrected chi connectivity index (χ0v) is 15.3. The second-order valence-electron chi connectivity index (χ2n) is 6.75. The van der Waals surface area contributed by atoms with E-state index in [9.17, 15) is 4.79 Å². The minimum absolute atomic E-state index is 0. The Kier molecular flexibility index (Phi) is 5.78. The van der Waals surface area contributed by atoms with Gasteiger partial charge in [0.2, 0.25) is 0 Å². The summed E-state index contributed by atoms with van der Waals surface area (Å²) in [6, 6.07) is 8.34. The van der Waals surface area contributed by atoms with Crippen molar-refractivity contribution in [2.75, 3.05) is 13.1 Å². The van der Waals surface area contributed by atoms with Gasteiger partial charge in [-0.3, -0.25) is 0 Å². The number of piperidine rings is 1. The summed E-state index contributed by atoms with van der Waals surface area (Å²) in [5.41, 5.74) is 0.757. The Morgan fingerprint density at radius 3 is 2.35 bits per heavy atom. The van der Waals surface area contributed by atoms with Gasteiger partial charge in [0.1, 0.15) is 18.2 Å². The van der Waals surface area contributed by atoms with E-state index in [0.29, 0.717) is 0 Å². The molecule has 140 valence electrons. The van der Waals surface area contributed by atoms with E-state index in [1.54, 1.807) is 0 Å². The maximum absolute atomic E-state index is 10.8. The number of carbonyl (C=O) groups is 1. The minimum Gasteiger partial charge on any atom is -0.490 e. The van der Waals surface area contributed by atoms with Gasteiger partial charge in [-0.25, -0.2) is 14.5 Å². The van der Waals surface area contributed by atoms with Crippen molar-refractivity contribution in [3.63, 3.8) is 0 Å². The maximum Gasteiger partial charge on any atom is 0.375 e. The molecule has 1 saturated heterocycles. The summed E-state index contributed by atoms with van der Waals surface area (Å²) in [6.07, 6.45) is 7.92. The number of benzene rings is 1. The molecule has 0 amide bonds. The molecule has 1 aromatic carbocycles. The molecule has 0 spiro atoms. The van der Waals surface area contributed by atoms with Gasteiger partial charge in [-0.1, -0.05) is 6.42 Å². The first kappa shape index (κ1) is 18.7. The normalized spacial score (nSPS) is 18.8. The minimum atomic E-state index is -1.13. The van der Waals surface area contributed by atoms with Crippen LogP contribution in [0.5, 0.6) is 5.75 Å². The molecule has 0 unspecified atom stereocenters. The molecule has 1 saturated carbocycles. The number of hydrogen-bond donors (Lipinski definition) is 1. The standard InChI is InChI=1S/C18H22N4O3.ClH/c23-18(24)17-19-12-22(20-17)14-4-6-15(7-5-14)25-16-8-10-21(11-9-16)13-2-1-3-13;/h4-7,12-13,16H,1-3,8-11H2,(H,23,24);1H. The summed E-state index contributed by atoms with van der Waals surface area (Å²) in [4.78, 5) is 17.2. The highest BCUT2D eigenvalue weighted by molar-refractivity contribution is 5.85. The van der Waals surface area contributed by atoms with Crippen molar-refractivity contribution in [2.45, 2.75) is 44.2 Å². The molecule has 4 rings (SSSR count). The van der Waals surface area contributed by atoms with Crippen LogP contribution in [0.3, 0.4) is 0 Å². The summed E-state index contributed by atoms with van der Waals surface area (Å²) in [6.45, 7) is 2.26. The lowest BCUT2D eigenvalue weighted by Crippen LogP contribution is -2.46. The van der Waals surface area contributed by atoms with Gasteiger partial charge >= 0.3 is 5.97 Å². The molecule has 0 bridgehead atoms. The van der Waals surface area contributed by atoms with E-state index >= 15 is 0 Å². The molecular weight excluding hydrogens is 356 g/mol.